The van der Waals surface area contributed by atoms with Gasteiger partial charge in [-0.25, -0.2) is 0 Å². The smallest absolute Gasteiger partial charge is 0.118 e. The third kappa shape index (κ3) is 4.51. The Morgan fingerprint density at radius 1 is 1.29 bits per heavy atom. The molecule has 21 heavy (non-hydrogen) atoms. The Balaban J connectivity index is 2.04. The number of benzene rings is 1. The van der Waals surface area contributed by atoms with Crippen molar-refractivity contribution in [2.24, 2.45) is 5.84 Å². The first-order valence-electron chi connectivity index (χ1n) is 6.54. The lowest BCUT2D eigenvalue weighted by molar-refractivity contribution is 0.414. The highest BCUT2D eigenvalue weighted by Gasteiger charge is 2.15. The minimum atomic E-state index is -0.00502. The van der Waals surface area contributed by atoms with Crippen LogP contribution in [0.4, 0.5) is 0 Å². The number of halogens is 2. The molecule has 0 bridgehead atoms. The number of nitrogens with two attached hydrogens (primary N) is 1. The maximum atomic E-state index is 5.68. The average Bonchev–Trinajstić information content (AvgIpc) is 2.50. The number of nitrogens with one attached hydrogen (secondary N) is 1. The first kappa shape index (κ1) is 16.4. The van der Waals surface area contributed by atoms with Gasteiger partial charge in [0.1, 0.15) is 5.75 Å². The van der Waals surface area contributed by atoms with Gasteiger partial charge < -0.3 is 4.74 Å². The standard InChI is InChI=1S/C15H17Br2N3O/c1-21-12-5-2-10(3-6-12)4-7-14(20-18)15-13(17)8-11(16)9-19-15/h2-3,5-6,8-9,14,20H,4,7,18H2,1H3. The monoisotopic (exact) mass is 413 g/mol. The fraction of sp³-hybridized carbons (Fsp3) is 0.267. The van der Waals surface area contributed by atoms with Crippen LogP contribution in [0.1, 0.15) is 23.7 Å². The van der Waals surface area contributed by atoms with Crippen molar-refractivity contribution in [2.75, 3.05) is 7.11 Å². The largest absolute Gasteiger partial charge is 0.497 e. The first-order valence-corrected chi connectivity index (χ1v) is 8.12. The van der Waals surface area contributed by atoms with Gasteiger partial charge in [0.2, 0.25) is 0 Å². The molecule has 0 spiro atoms. The van der Waals surface area contributed by atoms with Crippen LogP contribution in [0, 0.1) is 0 Å². The number of pyridine rings is 1. The second-order valence-corrected chi connectivity index (χ2v) is 6.40. The predicted molar refractivity (Wildman–Crippen MR) is 91.0 cm³/mol. The Labute approximate surface area is 141 Å². The zero-order chi connectivity index (χ0) is 15.2. The minimum absolute atomic E-state index is 0.00502. The Kier molecular flexibility index (Phi) is 6.17. The van der Waals surface area contributed by atoms with Crippen molar-refractivity contribution in [1.82, 2.24) is 10.4 Å². The molecular weight excluding hydrogens is 398 g/mol. The molecular formula is C15H17Br2N3O. The summed E-state index contributed by atoms with van der Waals surface area (Å²) in [5.41, 5.74) is 4.99. The average molecular weight is 415 g/mol. The first-order chi connectivity index (χ1) is 10.1. The number of methoxy groups -OCH3 is 1. The Bertz CT molecular complexity index is 590. The normalized spacial score (nSPS) is 12.2. The molecule has 6 heteroatoms. The van der Waals surface area contributed by atoms with E-state index in [4.69, 9.17) is 10.6 Å². The molecule has 0 saturated carbocycles. The molecule has 112 valence electrons. The molecule has 0 aliphatic carbocycles. The van der Waals surface area contributed by atoms with E-state index in [1.54, 1.807) is 13.3 Å². The van der Waals surface area contributed by atoms with Crippen LogP contribution in [-0.4, -0.2) is 12.1 Å². The van der Waals surface area contributed by atoms with Gasteiger partial charge in [-0.3, -0.25) is 16.3 Å². The van der Waals surface area contributed by atoms with Crippen LogP contribution in [0.15, 0.2) is 45.5 Å². The van der Waals surface area contributed by atoms with E-state index in [0.717, 1.165) is 33.2 Å². The summed E-state index contributed by atoms with van der Waals surface area (Å²) in [4.78, 5) is 4.43. The van der Waals surface area contributed by atoms with Gasteiger partial charge in [0.05, 0.1) is 18.8 Å². The summed E-state index contributed by atoms with van der Waals surface area (Å²) in [5, 5.41) is 0. The van der Waals surface area contributed by atoms with Gasteiger partial charge in [0, 0.05) is 15.1 Å². The molecule has 0 amide bonds. The van der Waals surface area contributed by atoms with Gasteiger partial charge in [0.25, 0.3) is 0 Å². The summed E-state index contributed by atoms with van der Waals surface area (Å²) in [6.45, 7) is 0. The van der Waals surface area contributed by atoms with Crippen molar-refractivity contribution in [3.05, 3.63) is 56.7 Å². The lowest BCUT2D eigenvalue weighted by Crippen LogP contribution is -2.29. The van der Waals surface area contributed by atoms with Gasteiger partial charge in [-0.15, -0.1) is 0 Å². The van der Waals surface area contributed by atoms with E-state index in [-0.39, 0.29) is 6.04 Å². The molecule has 0 aliphatic heterocycles. The van der Waals surface area contributed by atoms with Gasteiger partial charge in [0.15, 0.2) is 0 Å². The van der Waals surface area contributed by atoms with Gasteiger partial charge >= 0.3 is 0 Å². The molecule has 1 aromatic carbocycles. The third-order valence-electron chi connectivity index (χ3n) is 3.25. The molecule has 2 rings (SSSR count). The molecule has 1 unspecified atom stereocenters. The molecule has 0 aliphatic rings. The number of ether oxygens (including phenoxy) is 1. The lowest BCUT2D eigenvalue weighted by Gasteiger charge is -2.17. The van der Waals surface area contributed by atoms with E-state index in [0.29, 0.717) is 0 Å². The van der Waals surface area contributed by atoms with Crippen LogP contribution in [0.3, 0.4) is 0 Å². The number of aromatic nitrogens is 1. The second kappa shape index (κ2) is 7.89. The van der Waals surface area contributed by atoms with Gasteiger partial charge in [-0.1, -0.05) is 12.1 Å². The van der Waals surface area contributed by atoms with E-state index in [2.05, 4.69) is 54.4 Å². The highest BCUT2D eigenvalue weighted by molar-refractivity contribution is 9.11. The molecule has 2 aromatic rings. The van der Waals surface area contributed by atoms with Crippen LogP contribution in [-0.2, 0) is 6.42 Å². The fourth-order valence-electron chi connectivity index (χ4n) is 2.08. The van der Waals surface area contributed by atoms with E-state index in [9.17, 15) is 0 Å². The van der Waals surface area contributed by atoms with Crippen LogP contribution in [0.25, 0.3) is 0 Å². The van der Waals surface area contributed by atoms with Crippen LogP contribution >= 0.6 is 31.9 Å². The van der Waals surface area contributed by atoms with Crippen molar-refractivity contribution in [1.29, 1.82) is 0 Å². The molecule has 0 saturated heterocycles. The lowest BCUT2D eigenvalue weighted by atomic mass is 10.0. The van der Waals surface area contributed by atoms with Crippen LogP contribution < -0.4 is 16.0 Å². The van der Waals surface area contributed by atoms with Crippen LogP contribution in [0.2, 0.25) is 0 Å². The summed E-state index contributed by atoms with van der Waals surface area (Å²) in [5.74, 6) is 6.54. The van der Waals surface area contributed by atoms with E-state index < -0.39 is 0 Å². The van der Waals surface area contributed by atoms with Crippen molar-refractivity contribution < 1.29 is 4.74 Å². The Hall–Kier alpha value is -0.950. The molecule has 4 nitrogen and oxygen atoms in total. The number of aryl methyl sites for hydroxylation is 1. The van der Waals surface area contributed by atoms with Gasteiger partial charge in [-0.05, 0) is 68.5 Å². The molecule has 1 aromatic heterocycles. The highest BCUT2D eigenvalue weighted by atomic mass is 79.9. The number of rotatable bonds is 6. The Morgan fingerprint density at radius 2 is 2.00 bits per heavy atom. The maximum absolute atomic E-state index is 5.68. The van der Waals surface area contributed by atoms with Crippen molar-refractivity contribution in [3.8, 4) is 5.75 Å². The topological polar surface area (TPSA) is 60.2 Å². The second-order valence-electron chi connectivity index (χ2n) is 4.63. The van der Waals surface area contributed by atoms with Crippen LogP contribution in [0.5, 0.6) is 5.75 Å². The number of hydrazine groups is 1. The summed E-state index contributed by atoms with van der Waals surface area (Å²) < 4.78 is 7.03. The minimum Gasteiger partial charge on any atom is -0.497 e. The van der Waals surface area contributed by atoms with E-state index in [1.807, 2.05) is 18.2 Å². The molecule has 0 fully saturated rings. The van der Waals surface area contributed by atoms with Crippen molar-refractivity contribution in [2.45, 2.75) is 18.9 Å². The van der Waals surface area contributed by atoms with Crippen molar-refractivity contribution in [3.63, 3.8) is 0 Å². The van der Waals surface area contributed by atoms with Crippen molar-refractivity contribution >= 4 is 31.9 Å². The number of hydrogen-bond donors (Lipinski definition) is 2. The molecule has 0 radical (unpaired) electrons. The van der Waals surface area contributed by atoms with E-state index in [1.165, 1.54) is 5.56 Å². The SMILES string of the molecule is COc1ccc(CCC(NN)c2ncc(Br)cc2Br)cc1. The maximum Gasteiger partial charge on any atom is 0.118 e. The molecule has 1 atom stereocenters. The summed E-state index contributed by atoms with van der Waals surface area (Å²) in [6.07, 6.45) is 3.54. The quantitative estimate of drug-likeness (QED) is 0.558. The van der Waals surface area contributed by atoms with Gasteiger partial charge in [-0.2, -0.15) is 0 Å². The zero-order valence-corrected chi connectivity index (χ0v) is 14.8. The Morgan fingerprint density at radius 3 is 2.57 bits per heavy atom. The third-order valence-corrected chi connectivity index (χ3v) is 4.32. The number of nitrogens with zero attached hydrogens (tertiary/aromatic N) is 1. The van der Waals surface area contributed by atoms with E-state index >= 15 is 0 Å². The number of hydrogen-bond acceptors (Lipinski definition) is 4. The predicted octanol–water partition coefficient (Wildman–Crippen LogP) is 3.75. The summed E-state index contributed by atoms with van der Waals surface area (Å²) in [6, 6.07) is 10.0. The molecule has 3 N–H and O–H groups in total. The summed E-state index contributed by atoms with van der Waals surface area (Å²) in [7, 11) is 1.67. The molecule has 1 heterocycles. The zero-order valence-electron chi connectivity index (χ0n) is 11.6. The fourth-order valence-corrected chi connectivity index (χ4v) is 3.35. The highest BCUT2D eigenvalue weighted by Crippen LogP contribution is 2.27. The summed E-state index contributed by atoms with van der Waals surface area (Å²) >= 11 is 6.93.